The van der Waals surface area contributed by atoms with E-state index < -0.39 is 0 Å². The highest BCUT2D eigenvalue weighted by Crippen LogP contribution is 2.21. The molecular formula is C8H17N3S. The second kappa shape index (κ2) is 5.94. The van der Waals surface area contributed by atoms with Gasteiger partial charge in [-0.2, -0.15) is 8.75 Å². The van der Waals surface area contributed by atoms with Gasteiger partial charge in [0.2, 0.25) is 0 Å². The van der Waals surface area contributed by atoms with Crippen molar-refractivity contribution in [3.63, 3.8) is 0 Å². The summed E-state index contributed by atoms with van der Waals surface area (Å²) in [6, 6.07) is 0. The molecule has 4 heteroatoms. The Bertz CT molecular complexity index is 210. The molecule has 1 aromatic rings. The van der Waals surface area contributed by atoms with Crippen LogP contribution in [0.4, 0.5) is 5.82 Å². The van der Waals surface area contributed by atoms with Crippen molar-refractivity contribution in [1.29, 1.82) is 0 Å². The zero-order chi connectivity index (χ0) is 9.56. The van der Waals surface area contributed by atoms with Crippen molar-refractivity contribution in [2.75, 3.05) is 5.73 Å². The molecule has 1 rings (SSSR count). The maximum atomic E-state index is 5.55. The minimum absolute atomic E-state index is 0.443. The molecule has 0 fully saturated rings. The first kappa shape index (κ1) is 11.4. The predicted octanol–water partition coefficient (Wildman–Crippen LogP) is 2.66. The zero-order valence-electron chi connectivity index (χ0n) is 8.16. The molecule has 0 bridgehead atoms. The summed E-state index contributed by atoms with van der Waals surface area (Å²) in [6.07, 6.45) is 1.07. The first-order valence-electron chi connectivity index (χ1n) is 4.33. The molecule has 12 heavy (non-hydrogen) atoms. The summed E-state index contributed by atoms with van der Waals surface area (Å²) in [6.45, 7) is 8.22. The van der Waals surface area contributed by atoms with Gasteiger partial charge in [0.15, 0.2) is 5.82 Å². The summed E-state index contributed by atoms with van der Waals surface area (Å²) >= 11 is 1.18. The van der Waals surface area contributed by atoms with E-state index in [-0.39, 0.29) is 0 Å². The first-order valence-corrected chi connectivity index (χ1v) is 5.06. The molecule has 70 valence electrons. The van der Waals surface area contributed by atoms with Gasteiger partial charge in [0.1, 0.15) is 5.69 Å². The number of hydrogen-bond acceptors (Lipinski definition) is 4. The summed E-state index contributed by atoms with van der Waals surface area (Å²) in [5.41, 5.74) is 6.51. The average molecular weight is 187 g/mol. The fourth-order valence-corrected chi connectivity index (χ4v) is 1.32. The van der Waals surface area contributed by atoms with Gasteiger partial charge in [-0.25, -0.2) is 0 Å². The lowest BCUT2D eigenvalue weighted by Gasteiger charge is -2.02. The van der Waals surface area contributed by atoms with Crippen LogP contribution in [0.3, 0.4) is 0 Å². The zero-order valence-corrected chi connectivity index (χ0v) is 8.98. The lowest BCUT2D eigenvalue weighted by Crippen LogP contribution is -1.97. The number of nitrogens with zero attached hydrogens (tertiary/aromatic N) is 2. The van der Waals surface area contributed by atoms with Crippen molar-refractivity contribution in [2.24, 2.45) is 0 Å². The molecule has 0 saturated carbocycles. The smallest absolute Gasteiger partial charge is 0.160 e. The minimum atomic E-state index is 0.443. The number of nitrogen functional groups attached to an aromatic ring is 1. The molecule has 1 heterocycles. The molecule has 2 N–H and O–H groups in total. The van der Waals surface area contributed by atoms with Gasteiger partial charge in [-0.15, -0.1) is 0 Å². The molecule has 1 unspecified atom stereocenters. The lowest BCUT2D eigenvalue weighted by molar-refractivity contribution is 0.719. The number of hydrogen-bond donors (Lipinski definition) is 1. The fourth-order valence-electron chi connectivity index (χ4n) is 0.738. The van der Waals surface area contributed by atoms with E-state index in [0.717, 1.165) is 12.1 Å². The van der Waals surface area contributed by atoms with Crippen LogP contribution in [0.25, 0.3) is 0 Å². The molecule has 3 nitrogen and oxygen atoms in total. The Morgan fingerprint density at radius 2 is 2.00 bits per heavy atom. The van der Waals surface area contributed by atoms with Crippen molar-refractivity contribution in [3.8, 4) is 0 Å². The number of anilines is 1. The minimum Gasteiger partial charge on any atom is -0.381 e. The molecule has 0 aliphatic carbocycles. The highest BCUT2D eigenvalue weighted by atomic mass is 32.1. The van der Waals surface area contributed by atoms with E-state index in [1.807, 2.05) is 13.8 Å². The Hall–Kier alpha value is -0.640. The highest BCUT2D eigenvalue weighted by molar-refractivity contribution is 6.99. The number of aromatic nitrogens is 2. The summed E-state index contributed by atoms with van der Waals surface area (Å²) in [7, 11) is 0. The predicted molar refractivity (Wildman–Crippen MR) is 54.4 cm³/mol. The molecule has 0 aromatic carbocycles. The molecule has 0 aliphatic heterocycles. The molecule has 0 spiro atoms. The SMILES string of the molecule is CC.CCC(C)c1nsnc1N. The van der Waals surface area contributed by atoms with Crippen molar-refractivity contribution < 1.29 is 0 Å². The summed E-state index contributed by atoms with van der Waals surface area (Å²) in [5, 5.41) is 0. The molecule has 0 amide bonds. The maximum absolute atomic E-state index is 5.55. The van der Waals surface area contributed by atoms with Crippen molar-refractivity contribution in [2.45, 2.75) is 40.0 Å². The van der Waals surface area contributed by atoms with Gasteiger partial charge < -0.3 is 5.73 Å². The van der Waals surface area contributed by atoms with Crippen LogP contribution in [0.15, 0.2) is 0 Å². The van der Waals surface area contributed by atoms with Crippen LogP contribution in [-0.4, -0.2) is 8.75 Å². The van der Waals surface area contributed by atoms with Gasteiger partial charge in [-0.1, -0.05) is 27.7 Å². The molecular weight excluding hydrogens is 170 g/mol. The van der Waals surface area contributed by atoms with Crippen LogP contribution >= 0.6 is 11.7 Å². The van der Waals surface area contributed by atoms with Gasteiger partial charge in [0.05, 0.1) is 11.7 Å². The summed E-state index contributed by atoms with van der Waals surface area (Å²) < 4.78 is 7.99. The van der Waals surface area contributed by atoms with E-state index in [2.05, 4.69) is 22.6 Å². The highest BCUT2D eigenvalue weighted by Gasteiger charge is 2.10. The van der Waals surface area contributed by atoms with Crippen LogP contribution in [0.5, 0.6) is 0 Å². The van der Waals surface area contributed by atoms with Crippen LogP contribution in [0.1, 0.15) is 45.7 Å². The van der Waals surface area contributed by atoms with Gasteiger partial charge in [0, 0.05) is 5.92 Å². The van der Waals surface area contributed by atoms with E-state index in [0.29, 0.717) is 11.7 Å². The van der Waals surface area contributed by atoms with Crippen LogP contribution < -0.4 is 5.73 Å². The van der Waals surface area contributed by atoms with Gasteiger partial charge in [-0.3, -0.25) is 0 Å². The quantitative estimate of drug-likeness (QED) is 0.774. The third-order valence-electron chi connectivity index (χ3n) is 1.62. The second-order valence-electron chi connectivity index (χ2n) is 2.34. The van der Waals surface area contributed by atoms with Gasteiger partial charge >= 0.3 is 0 Å². The molecule has 0 aliphatic rings. The Morgan fingerprint density at radius 3 is 2.33 bits per heavy atom. The second-order valence-corrected chi connectivity index (χ2v) is 2.87. The van der Waals surface area contributed by atoms with Crippen molar-refractivity contribution in [3.05, 3.63) is 5.69 Å². The third kappa shape index (κ3) is 2.77. The summed E-state index contributed by atoms with van der Waals surface area (Å²) in [5.74, 6) is 1.04. The van der Waals surface area contributed by atoms with Crippen LogP contribution in [0, 0.1) is 0 Å². The molecule has 1 aromatic heterocycles. The third-order valence-corrected chi connectivity index (χ3v) is 2.18. The first-order chi connectivity index (χ1) is 5.75. The molecule has 0 saturated heterocycles. The van der Waals surface area contributed by atoms with Crippen LogP contribution in [0.2, 0.25) is 0 Å². The number of nitrogens with two attached hydrogens (primary N) is 1. The Kier molecular flexibility index (Phi) is 5.62. The van der Waals surface area contributed by atoms with E-state index in [9.17, 15) is 0 Å². The van der Waals surface area contributed by atoms with E-state index in [1.54, 1.807) is 0 Å². The van der Waals surface area contributed by atoms with Crippen LogP contribution in [-0.2, 0) is 0 Å². The Balaban J connectivity index is 0.000000561. The van der Waals surface area contributed by atoms with E-state index >= 15 is 0 Å². The maximum Gasteiger partial charge on any atom is 0.160 e. The number of rotatable bonds is 2. The fraction of sp³-hybridized carbons (Fsp3) is 0.750. The Morgan fingerprint density at radius 1 is 1.42 bits per heavy atom. The normalized spacial score (nSPS) is 11.7. The molecule has 1 atom stereocenters. The van der Waals surface area contributed by atoms with Gasteiger partial charge in [0.25, 0.3) is 0 Å². The lowest BCUT2D eigenvalue weighted by atomic mass is 10.1. The van der Waals surface area contributed by atoms with Crippen molar-refractivity contribution in [1.82, 2.24) is 8.75 Å². The monoisotopic (exact) mass is 187 g/mol. The van der Waals surface area contributed by atoms with E-state index in [1.165, 1.54) is 11.7 Å². The van der Waals surface area contributed by atoms with Gasteiger partial charge in [-0.05, 0) is 6.42 Å². The Labute approximate surface area is 78.3 Å². The standard InChI is InChI=1S/C6H11N3S.C2H6/c1-3-4(2)5-6(7)9-10-8-5;1-2/h4H,3H2,1-2H3,(H2,7,9);1-2H3. The largest absolute Gasteiger partial charge is 0.381 e. The van der Waals surface area contributed by atoms with E-state index in [4.69, 9.17) is 5.73 Å². The topological polar surface area (TPSA) is 51.8 Å². The van der Waals surface area contributed by atoms with Crippen molar-refractivity contribution >= 4 is 17.5 Å². The average Bonchev–Trinajstić information content (AvgIpc) is 2.54. The molecule has 0 radical (unpaired) electrons. The summed E-state index contributed by atoms with van der Waals surface area (Å²) in [4.78, 5) is 0.